The smallest absolute Gasteiger partial charge is 0.220 e. The van der Waals surface area contributed by atoms with Crippen LogP contribution in [-0.2, 0) is 10.8 Å². The molecule has 0 aliphatic carbocycles. The number of furan rings is 2. The lowest BCUT2D eigenvalue weighted by Gasteiger charge is -2.19. The first-order chi connectivity index (χ1) is 29.0. The van der Waals surface area contributed by atoms with E-state index >= 15 is 0 Å². The molecule has 0 N–H and O–H groups in total. The lowest BCUT2D eigenvalue weighted by atomic mass is 9.86. The first kappa shape index (κ1) is 31.6. The van der Waals surface area contributed by atoms with Crippen molar-refractivity contribution in [2.45, 2.75) is 52.4 Å². The van der Waals surface area contributed by atoms with E-state index in [1.165, 1.54) is 43.7 Å². The van der Waals surface area contributed by atoms with Crippen LogP contribution in [0.3, 0.4) is 0 Å². The number of imidazole rings is 4. The lowest BCUT2D eigenvalue weighted by molar-refractivity contribution is 0.591. The molecule has 286 valence electrons. The molecule has 0 atom stereocenters. The minimum absolute atomic E-state index is 0.0554. The van der Waals surface area contributed by atoms with E-state index in [4.69, 9.17) is 18.8 Å². The highest BCUT2D eigenvalue weighted by atomic mass is 16.3. The number of hydrogen-bond donors (Lipinski definition) is 0. The zero-order valence-electron chi connectivity index (χ0n) is 33.9. The Morgan fingerprint density at radius 1 is 0.383 bits per heavy atom. The Bertz CT molecular complexity index is 4150. The Hall–Kier alpha value is -7.32. The van der Waals surface area contributed by atoms with Gasteiger partial charge in [-0.25, -0.2) is 9.97 Å². The molecule has 0 saturated carbocycles. The van der Waals surface area contributed by atoms with Crippen LogP contribution in [-0.4, -0.2) is 27.6 Å². The average molecular weight is 777 g/mol. The Morgan fingerprint density at radius 3 is 1.18 bits per heavy atom. The number of rotatable bonds is 0. The largest absolute Gasteiger partial charge is 0.456 e. The third-order valence-electron chi connectivity index (χ3n) is 13.7. The van der Waals surface area contributed by atoms with Crippen molar-refractivity contribution in [3.8, 4) is 0 Å². The van der Waals surface area contributed by atoms with Crippen LogP contribution in [0.1, 0.15) is 52.7 Å². The van der Waals surface area contributed by atoms with Crippen LogP contribution >= 0.6 is 0 Å². The van der Waals surface area contributed by atoms with E-state index in [-0.39, 0.29) is 10.8 Å². The molecule has 8 nitrogen and oxygen atoms in total. The monoisotopic (exact) mass is 776 g/mol. The Kier molecular flexibility index (Phi) is 5.14. The molecule has 0 saturated heterocycles. The molecule has 0 aliphatic heterocycles. The Balaban J connectivity index is 1.27. The number of benzene rings is 7. The summed E-state index contributed by atoms with van der Waals surface area (Å²) in [6.45, 7) is 13.8. The third kappa shape index (κ3) is 3.44. The summed E-state index contributed by atoms with van der Waals surface area (Å²) >= 11 is 0. The molecule has 0 radical (unpaired) electrons. The van der Waals surface area contributed by atoms with Gasteiger partial charge in [0.05, 0.1) is 54.9 Å². The van der Waals surface area contributed by atoms with Gasteiger partial charge in [-0.3, -0.25) is 17.6 Å². The molecule has 0 aliphatic rings. The molecule has 8 heteroatoms. The van der Waals surface area contributed by atoms with E-state index in [0.717, 1.165) is 99.6 Å². The van der Waals surface area contributed by atoms with E-state index in [0.29, 0.717) is 0 Å². The average Bonchev–Trinajstić information content (AvgIpc) is 4.09. The van der Waals surface area contributed by atoms with E-state index in [2.05, 4.69) is 144 Å². The SMILES string of the molecule is CC(C)(C)c1ccc2c(c1)c1c3c(c4c5cc(C(C)(C)C)ccc5n5c4c1n1c4ccc6oc7ccccc7c6c4nc51)n1c4ccc5oc6ccccc6c5c4nc1n23. The van der Waals surface area contributed by atoms with Gasteiger partial charge in [-0.05, 0) is 82.6 Å². The molecule has 7 aromatic carbocycles. The van der Waals surface area contributed by atoms with Crippen LogP contribution in [0, 0.1) is 0 Å². The molecule has 15 rings (SSSR count). The lowest BCUT2D eigenvalue weighted by Crippen LogP contribution is -2.10. The molecular formula is C52H36N6O2. The van der Waals surface area contributed by atoms with Gasteiger partial charge in [0.2, 0.25) is 11.6 Å². The van der Waals surface area contributed by atoms with Gasteiger partial charge >= 0.3 is 0 Å². The quantitative estimate of drug-likeness (QED) is 0.154. The van der Waals surface area contributed by atoms with Gasteiger partial charge in [-0.15, -0.1) is 0 Å². The Labute approximate surface area is 340 Å². The van der Waals surface area contributed by atoms with Crippen LogP contribution in [0.25, 0.3) is 132 Å². The zero-order chi connectivity index (χ0) is 39.9. The molecule has 8 heterocycles. The molecule has 8 aromatic heterocycles. The maximum absolute atomic E-state index is 6.42. The van der Waals surface area contributed by atoms with E-state index in [1.807, 2.05) is 24.3 Å². The van der Waals surface area contributed by atoms with Crippen molar-refractivity contribution in [3.63, 3.8) is 0 Å². The summed E-state index contributed by atoms with van der Waals surface area (Å²) in [4.78, 5) is 11.3. The van der Waals surface area contributed by atoms with Gasteiger partial charge < -0.3 is 8.83 Å². The van der Waals surface area contributed by atoms with E-state index in [1.54, 1.807) is 0 Å². The van der Waals surface area contributed by atoms with Crippen molar-refractivity contribution in [2.24, 2.45) is 0 Å². The summed E-state index contributed by atoms with van der Waals surface area (Å²) in [6.07, 6.45) is 0. The van der Waals surface area contributed by atoms with Crippen LogP contribution in [0.4, 0.5) is 0 Å². The highest BCUT2D eigenvalue weighted by Crippen LogP contribution is 2.51. The fraction of sp³-hybridized carbons (Fsp3) is 0.154. The van der Waals surface area contributed by atoms with Gasteiger partial charge in [0, 0.05) is 32.3 Å². The molecule has 0 unspecified atom stereocenters. The van der Waals surface area contributed by atoms with Crippen molar-refractivity contribution in [3.05, 3.63) is 120 Å². The van der Waals surface area contributed by atoms with Crippen molar-refractivity contribution in [2.75, 3.05) is 0 Å². The van der Waals surface area contributed by atoms with Crippen LogP contribution in [0.5, 0.6) is 0 Å². The van der Waals surface area contributed by atoms with Crippen LogP contribution in [0.2, 0.25) is 0 Å². The first-order valence-electron chi connectivity index (χ1n) is 20.8. The number of hydrogen-bond acceptors (Lipinski definition) is 4. The summed E-state index contributed by atoms with van der Waals surface area (Å²) in [6, 6.07) is 39.4. The molecule has 0 fully saturated rings. The molecular weight excluding hydrogens is 741 g/mol. The summed E-state index contributed by atoms with van der Waals surface area (Å²) < 4.78 is 22.6. The van der Waals surface area contributed by atoms with Crippen molar-refractivity contribution < 1.29 is 8.83 Å². The highest BCUT2D eigenvalue weighted by Gasteiger charge is 2.33. The van der Waals surface area contributed by atoms with Crippen molar-refractivity contribution >= 4 is 132 Å². The summed E-state index contributed by atoms with van der Waals surface area (Å²) in [5.41, 5.74) is 16.9. The molecule has 60 heavy (non-hydrogen) atoms. The maximum Gasteiger partial charge on any atom is 0.220 e. The minimum Gasteiger partial charge on any atom is -0.456 e. The summed E-state index contributed by atoms with van der Waals surface area (Å²) in [5.74, 6) is 1.80. The third-order valence-corrected chi connectivity index (χ3v) is 13.7. The summed E-state index contributed by atoms with van der Waals surface area (Å²) in [7, 11) is 0. The van der Waals surface area contributed by atoms with Crippen molar-refractivity contribution in [1.82, 2.24) is 27.6 Å². The fourth-order valence-electron chi connectivity index (χ4n) is 10.9. The summed E-state index contributed by atoms with van der Waals surface area (Å²) in [5, 5.41) is 9.10. The molecule has 15 aromatic rings. The second-order valence-corrected chi connectivity index (χ2v) is 19.1. The Morgan fingerprint density at radius 2 is 0.767 bits per heavy atom. The highest BCUT2D eigenvalue weighted by molar-refractivity contribution is 6.37. The number of aromatic nitrogens is 6. The zero-order valence-corrected chi connectivity index (χ0v) is 33.9. The van der Waals surface area contributed by atoms with Gasteiger partial charge in [0.1, 0.15) is 33.4 Å². The standard InChI is InChI=1S/C52H36N6O2/c1-51(2,3)25-15-17-31-29(23-25)41-45-48(58-34-20-22-38-40(44(34)53-49(58)55(31)45)28-12-8-10-14-36(28)60-38)42-30-24-26(52(4,5)6)16-18-32(30)56-46(42)47(41)57-33-19-21-37-39(43(33)54-50(56)57)27-11-7-9-13-35(27)59-37/h7-24H,1-6H3. The van der Waals surface area contributed by atoms with Gasteiger partial charge in [0.25, 0.3) is 0 Å². The topological polar surface area (TPSA) is 69.7 Å². The molecule has 0 amide bonds. The number of fused-ring (bicyclic) bond motifs is 26. The van der Waals surface area contributed by atoms with Gasteiger partial charge in [-0.2, -0.15) is 0 Å². The van der Waals surface area contributed by atoms with Gasteiger partial charge in [-0.1, -0.05) is 90.1 Å². The van der Waals surface area contributed by atoms with Crippen molar-refractivity contribution in [1.29, 1.82) is 0 Å². The van der Waals surface area contributed by atoms with Gasteiger partial charge in [0.15, 0.2) is 0 Å². The number of para-hydroxylation sites is 2. The second kappa shape index (κ2) is 9.75. The van der Waals surface area contributed by atoms with E-state index in [9.17, 15) is 0 Å². The first-order valence-corrected chi connectivity index (χ1v) is 20.8. The van der Waals surface area contributed by atoms with E-state index < -0.39 is 0 Å². The normalized spacial score (nSPS) is 13.8. The maximum atomic E-state index is 6.42. The molecule has 0 bridgehead atoms. The predicted molar refractivity (Wildman–Crippen MR) is 245 cm³/mol. The van der Waals surface area contributed by atoms with Crippen LogP contribution < -0.4 is 0 Å². The van der Waals surface area contributed by atoms with Crippen LogP contribution in [0.15, 0.2) is 118 Å². The predicted octanol–water partition coefficient (Wildman–Crippen LogP) is 13.7. The number of nitrogens with zero attached hydrogens (tertiary/aromatic N) is 6. The second-order valence-electron chi connectivity index (χ2n) is 19.1. The fourth-order valence-corrected chi connectivity index (χ4v) is 10.9. The molecule has 0 spiro atoms. The minimum atomic E-state index is -0.0554.